The number of amides is 2. The molecule has 2 aromatic rings. The van der Waals surface area contributed by atoms with Crippen LogP contribution in [0.25, 0.3) is 0 Å². The molecule has 1 saturated heterocycles. The predicted molar refractivity (Wildman–Crippen MR) is 121 cm³/mol. The molecule has 0 radical (unpaired) electrons. The summed E-state index contributed by atoms with van der Waals surface area (Å²) in [4.78, 5) is 30.3. The molecule has 4 rings (SSSR count). The van der Waals surface area contributed by atoms with Gasteiger partial charge in [-0.3, -0.25) is 14.5 Å². The zero-order valence-electron chi connectivity index (χ0n) is 17.3. The number of nitrogens with one attached hydrogen (secondary N) is 2. The van der Waals surface area contributed by atoms with E-state index in [4.69, 9.17) is 0 Å². The fourth-order valence-electron chi connectivity index (χ4n) is 3.75. The lowest BCUT2D eigenvalue weighted by Gasteiger charge is -2.32. The fourth-order valence-corrected chi connectivity index (χ4v) is 4.68. The van der Waals surface area contributed by atoms with Gasteiger partial charge in [0.05, 0.1) is 5.69 Å². The molecular formula is C23H28N4O2S. The van der Waals surface area contributed by atoms with Gasteiger partial charge in [-0.15, -0.1) is 11.8 Å². The summed E-state index contributed by atoms with van der Waals surface area (Å²) in [7, 11) is 2.16. The second-order valence-electron chi connectivity index (χ2n) is 7.94. The number of benzene rings is 2. The lowest BCUT2D eigenvalue weighted by molar-refractivity contribution is -0.115. The Bertz CT molecular complexity index is 925. The first-order valence-electron chi connectivity index (χ1n) is 10.4. The molecule has 2 aromatic carbocycles. The summed E-state index contributed by atoms with van der Waals surface area (Å²) in [5.41, 5.74) is 3.65. The van der Waals surface area contributed by atoms with Crippen LogP contribution < -0.4 is 10.6 Å². The van der Waals surface area contributed by atoms with Crippen molar-refractivity contribution in [3.8, 4) is 0 Å². The number of fused-ring (bicyclic) bond motifs is 1. The normalized spacial score (nSPS) is 17.7. The van der Waals surface area contributed by atoms with Crippen LogP contribution in [0.1, 0.15) is 27.9 Å². The van der Waals surface area contributed by atoms with E-state index in [9.17, 15) is 9.59 Å². The average molecular weight is 425 g/mol. The number of hydrogen-bond donors (Lipinski definition) is 2. The van der Waals surface area contributed by atoms with E-state index in [0.29, 0.717) is 18.5 Å². The van der Waals surface area contributed by atoms with Gasteiger partial charge in [-0.2, -0.15) is 0 Å². The standard InChI is InChI=1S/C23H28N4O2S/c1-26-8-10-27(11-9-26)16-18-4-2-3-17(13-18)15-24-23(29)19-5-6-21-20(14-19)25-22(28)7-12-30-21/h2-6,13-14H,7-12,15-16H2,1H3,(H,24,29)(H,25,28). The van der Waals surface area contributed by atoms with Gasteiger partial charge in [0.15, 0.2) is 0 Å². The number of hydrogen-bond acceptors (Lipinski definition) is 5. The van der Waals surface area contributed by atoms with E-state index in [2.05, 4.69) is 45.7 Å². The Kier molecular flexibility index (Phi) is 6.72. The Morgan fingerprint density at radius 2 is 1.90 bits per heavy atom. The van der Waals surface area contributed by atoms with Crippen LogP contribution in [0.5, 0.6) is 0 Å². The second kappa shape index (κ2) is 9.64. The molecule has 30 heavy (non-hydrogen) atoms. The second-order valence-corrected chi connectivity index (χ2v) is 9.08. The van der Waals surface area contributed by atoms with E-state index in [-0.39, 0.29) is 11.8 Å². The van der Waals surface area contributed by atoms with Gasteiger partial charge in [0.25, 0.3) is 5.91 Å². The number of carbonyl (C=O) groups excluding carboxylic acids is 2. The summed E-state index contributed by atoms with van der Waals surface area (Å²) < 4.78 is 0. The minimum Gasteiger partial charge on any atom is -0.348 e. The molecule has 6 nitrogen and oxygen atoms in total. The summed E-state index contributed by atoms with van der Waals surface area (Å²) >= 11 is 1.64. The summed E-state index contributed by atoms with van der Waals surface area (Å²) in [6.45, 7) is 5.81. The zero-order valence-corrected chi connectivity index (χ0v) is 18.1. The minimum absolute atomic E-state index is 0.00373. The Hall–Kier alpha value is -2.35. The maximum atomic E-state index is 12.7. The largest absolute Gasteiger partial charge is 0.348 e. The highest BCUT2D eigenvalue weighted by atomic mass is 32.2. The third kappa shape index (κ3) is 5.41. The molecule has 2 aliphatic heterocycles. The Balaban J connectivity index is 1.35. The highest BCUT2D eigenvalue weighted by molar-refractivity contribution is 7.99. The quantitative estimate of drug-likeness (QED) is 0.773. The van der Waals surface area contributed by atoms with Crippen LogP contribution in [0.2, 0.25) is 0 Å². The lowest BCUT2D eigenvalue weighted by Crippen LogP contribution is -2.43. The van der Waals surface area contributed by atoms with E-state index in [1.54, 1.807) is 17.8 Å². The molecule has 2 amide bonds. The topological polar surface area (TPSA) is 64.7 Å². The highest BCUT2D eigenvalue weighted by Crippen LogP contribution is 2.31. The third-order valence-corrected chi connectivity index (χ3v) is 6.62. The van der Waals surface area contributed by atoms with Crippen LogP contribution in [-0.4, -0.2) is 60.6 Å². The van der Waals surface area contributed by atoms with Crippen LogP contribution in [0.15, 0.2) is 47.4 Å². The van der Waals surface area contributed by atoms with Crippen molar-refractivity contribution >= 4 is 29.3 Å². The number of thioether (sulfide) groups is 1. The van der Waals surface area contributed by atoms with Gasteiger partial charge in [-0.05, 0) is 36.4 Å². The first-order chi connectivity index (χ1) is 14.6. The van der Waals surface area contributed by atoms with Gasteiger partial charge < -0.3 is 15.5 Å². The molecule has 1 fully saturated rings. The molecule has 0 spiro atoms. The van der Waals surface area contributed by atoms with E-state index in [1.165, 1.54) is 5.56 Å². The zero-order chi connectivity index (χ0) is 20.9. The molecule has 2 N–H and O–H groups in total. The molecule has 0 aliphatic carbocycles. The van der Waals surface area contributed by atoms with Crippen molar-refractivity contribution in [2.24, 2.45) is 0 Å². The van der Waals surface area contributed by atoms with Gasteiger partial charge in [0, 0.05) is 61.9 Å². The van der Waals surface area contributed by atoms with Crippen molar-refractivity contribution in [3.63, 3.8) is 0 Å². The summed E-state index contributed by atoms with van der Waals surface area (Å²) in [6, 6.07) is 13.9. The van der Waals surface area contributed by atoms with Crippen molar-refractivity contribution < 1.29 is 9.59 Å². The number of nitrogens with zero attached hydrogens (tertiary/aromatic N) is 2. The van der Waals surface area contributed by atoms with Gasteiger partial charge in [0.2, 0.25) is 5.91 Å². The van der Waals surface area contributed by atoms with E-state index >= 15 is 0 Å². The third-order valence-electron chi connectivity index (χ3n) is 5.55. The van der Waals surface area contributed by atoms with E-state index in [0.717, 1.165) is 54.6 Å². The molecule has 2 aliphatic rings. The average Bonchev–Trinajstić information content (AvgIpc) is 2.94. The Morgan fingerprint density at radius 3 is 2.73 bits per heavy atom. The molecule has 0 atom stereocenters. The number of piperazine rings is 1. The van der Waals surface area contributed by atoms with Crippen molar-refractivity contribution in [2.75, 3.05) is 44.3 Å². The molecular weight excluding hydrogens is 396 g/mol. The highest BCUT2D eigenvalue weighted by Gasteiger charge is 2.16. The van der Waals surface area contributed by atoms with Crippen molar-refractivity contribution in [3.05, 3.63) is 59.2 Å². The molecule has 0 bridgehead atoms. The minimum atomic E-state index is -0.134. The van der Waals surface area contributed by atoms with Crippen LogP contribution >= 0.6 is 11.8 Å². The molecule has 0 aromatic heterocycles. The van der Waals surface area contributed by atoms with Gasteiger partial charge in [0.1, 0.15) is 0 Å². The molecule has 0 saturated carbocycles. The number of anilines is 1. The Morgan fingerprint density at radius 1 is 1.10 bits per heavy atom. The summed E-state index contributed by atoms with van der Waals surface area (Å²) in [6.07, 6.45) is 0.491. The predicted octanol–water partition coefficient (Wildman–Crippen LogP) is 2.80. The van der Waals surface area contributed by atoms with Gasteiger partial charge in [-0.25, -0.2) is 0 Å². The Labute approximate surface area is 182 Å². The number of rotatable bonds is 5. The van der Waals surface area contributed by atoms with E-state index in [1.807, 2.05) is 18.2 Å². The molecule has 0 unspecified atom stereocenters. The number of carbonyl (C=O) groups is 2. The fraction of sp³-hybridized carbons (Fsp3) is 0.391. The molecule has 158 valence electrons. The van der Waals surface area contributed by atoms with Crippen LogP contribution in [0.4, 0.5) is 5.69 Å². The van der Waals surface area contributed by atoms with Crippen molar-refractivity contribution in [2.45, 2.75) is 24.4 Å². The molecule has 7 heteroatoms. The SMILES string of the molecule is CN1CCN(Cc2cccc(CNC(=O)c3ccc4c(c3)NC(=O)CCS4)c2)CC1. The van der Waals surface area contributed by atoms with Crippen LogP contribution in [0.3, 0.4) is 0 Å². The summed E-state index contributed by atoms with van der Waals surface area (Å²) in [5.74, 6) is 0.621. The molecule has 2 heterocycles. The van der Waals surface area contributed by atoms with Crippen molar-refractivity contribution in [1.82, 2.24) is 15.1 Å². The monoisotopic (exact) mass is 424 g/mol. The smallest absolute Gasteiger partial charge is 0.251 e. The first-order valence-corrected chi connectivity index (χ1v) is 11.4. The summed E-state index contributed by atoms with van der Waals surface area (Å²) in [5, 5.41) is 5.90. The lowest BCUT2D eigenvalue weighted by atomic mass is 10.1. The van der Waals surface area contributed by atoms with Gasteiger partial charge in [-0.1, -0.05) is 24.3 Å². The van der Waals surface area contributed by atoms with Gasteiger partial charge >= 0.3 is 0 Å². The number of likely N-dealkylation sites (N-methyl/N-ethyl adjacent to an activating group) is 1. The first kappa shape index (κ1) is 20.9. The van der Waals surface area contributed by atoms with Crippen LogP contribution in [0, 0.1) is 0 Å². The van der Waals surface area contributed by atoms with E-state index < -0.39 is 0 Å². The van der Waals surface area contributed by atoms with Crippen molar-refractivity contribution in [1.29, 1.82) is 0 Å². The maximum absolute atomic E-state index is 12.7. The maximum Gasteiger partial charge on any atom is 0.251 e. The van der Waals surface area contributed by atoms with Crippen LogP contribution in [-0.2, 0) is 17.9 Å².